The number of nitro groups is 1. The molecule has 0 unspecified atom stereocenters. The van der Waals surface area contributed by atoms with E-state index in [1.165, 1.54) is 14.2 Å². The lowest BCUT2D eigenvalue weighted by molar-refractivity contribution is -0.556. The number of nitrogens with zero attached hydrogens (tertiary/aromatic N) is 1. The molecule has 0 aromatic heterocycles. The van der Waals surface area contributed by atoms with Gasteiger partial charge in [-0.25, -0.2) is 0 Å². The van der Waals surface area contributed by atoms with Crippen LogP contribution >= 0.6 is 7.60 Å². The van der Waals surface area contributed by atoms with Gasteiger partial charge in [0, 0.05) is 19.1 Å². The van der Waals surface area contributed by atoms with Crippen LogP contribution in [-0.2, 0) is 52.4 Å². The Kier molecular flexibility index (Phi) is 11.0. The molecule has 1 aliphatic rings. The lowest BCUT2D eigenvalue weighted by Crippen LogP contribution is -2.62. The number of hydrogen-bond donors (Lipinski definition) is 0. The third-order valence-electron chi connectivity index (χ3n) is 6.66. The van der Waals surface area contributed by atoms with Crippen LogP contribution in [0.3, 0.4) is 0 Å². The first-order chi connectivity index (χ1) is 19.4. The van der Waals surface area contributed by atoms with Crippen molar-refractivity contribution in [2.45, 2.75) is 50.0 Å². The third-order valence-corrected chi connectivity index (χ3v) is 8.73. The monoisotopic (exact) mass is 571 g/mol. The molecule has 10 nitrogen and oxygen atoms in total. The Morgan fingerprint density at radius 1 is 0.750 bits per heavy atom. The molecule has 40 heavy (non-hydrogen) atoms. The van der Waals surface area contributed by atoms with E-state index >= 15 is 0 Å². The fraction of sp³-hybridized carbons (Fsp3) is 0.379. The highest BCUT2D eigenvalue weighted by Crippen LogP contribution is 2.56. The Labute approximate surface area is 233 Å². The summed E-state index contributed by atoms with van der Waals surface area (Å²) < 4.78 is 48.5. The van der Waals surface area contributed by atoms with Crippen molar-refractivity contribution in [2.75, 3.05) is 20.8 Å². The second kappa shape index (κ2) is 14.6. The molecule has 11 heteroatoms. The standard InChI is InChI=1S/C29H34NO9P/c1-34-40(33,35-2)29-26(30(31)32)28(38-20-24-16-10-5-11-17-24)27(37-19-23-14-8-4-9-15-23)25(39-29)21-36-18-22-12-6-3-7-13-22/h3-17,25-29H,18-21H2,1-2H3/t25-,26-,27+,28-,29+/m1/s1. The Hall–Kier alpha value is -2.95. The molecule has 5 atom stereocenters. The summed E-state index contributed by atoms with van der Waals surface area (Å²) >= 11 is 0. The number of rotatable bonds is 14. The first-order valence-electron chi connectivity index (χ1n) is 12.9. The molecule has 0 radical (unpaired) electrons. The van der Waals surface area contributed by atoms with Crippen LogP contribution in [0.25, 0.3) is 0 Å². The van der Waals surface area contributed by atoms with Crippen molar-refractivity contribution in [2.24, 2.45) is 0 Å². The highest BCUT2D eigenvalue weighted by Gasteiger charge is 2.61. The van der Waals surface area contributed by atoms with Gasteiger partial charge >= 0.3 is 7.60 Å². The maximum atomic E-state index is 13.6. The van der Waals surface area contributed by atoms with Gasteiger partial charge in [0.25, 0.3) is 6.04 Å². The average Bonchev–Trinajstić information content (AvgIpc) is 3.00. The lowest BCUT2D eigenvalue weighted by atomic mass is 9.97. The van der Waals surface area contributed by atoms with Crippen molar-refractivity contribution in [3.63, 3.8) is 0 Å². The predicted octanol–water partition coefficient (Wildman–Crippen LogP) is 5.23. The molecular weight excluding hydrogens is 537 g/mol. The van der Waals surface area contributed by atoms with Crippen LogP contribution in [0.4, 0.5) is 0 Å². The fourth-order valence-corrected chi connectivity index (χ4v) is 6.13. The molecule has 0 N–H and O–H groups in total. The molecule has 1 saturated heterocycles. The van der Waals surface area contributed by atoms with Gasteiger partial charge in [-0.2, -0.15) is 0 Å². The first kappa shape index (κ1) is 30.0. The fourth-order valence-electron chi connectivity index (χ4n) is 4.60. The summed E-state index contributed by atoms with van der Waals surface area (Å²) in [5.74, 6) is -1.56. The van der Waals surface area contributed by atoms with Crippen LogP contribution < -0.4 is 0 Å². The van der Waals surface area contributed by atoms with Crippen molar-refractivity contribution in [3.05, 3.63) is 118 Å². The number of ether oxygens (including phenoxy) is 4. The van der Waals surface area contributed by atoms with Crippen molar-refractivity contribution in [1.29, 1.82) is 0 Å². The van der Waals surface area contributed by atoms with Crippen LogP contribution in [0, 0.1) is 10.1 Å². The molecule has 1 aliphatic heterocycles. The number of hydrogen-bond acceptors (Lipinski definition) is 9. The predicted molar refractivity (Wildman–Crippen MR) is 147 cm³/mol. The zero-order chi connectivity index (χ0) is 28.4. The summed E-state index contributed by atoms with van der Waals surface area (Å²) in [6, 6.07) is 26.7. The van der Waals surface area contributed by atoms with E-state index in [-0.39, 0.29) is 26.4 Å². The zero-order valence-electron chi connectivity index (χ0n) is 22.4. The molecular formula is C29H34NO9P. The van der Waals surface area contributed by atoms with Crippen molar-refractivity contribution < 1.29 is 37.5 Å². The largest absolute Gasteiger partial charge is 0.374 e. The highest BCUT2D eigenvalue weighted by molar-refractivity contribution is 7.54. The molecule has 0 aliphatic carbocycles. The van der Waals surface area contributed by atoms with Crippen LogP contribution in [0.5, 0.6) is 0 Å². The second-order valence-electron chi connectivity index (χ2n) is 9.27. The average molecular weight is 572 g/mol. The molecule has 0 bridgehead atoms. The van der Waals surface area contributed by atoms with Gasteiger partial charge in [0.15, 0.2) is 6.10 Å². The Morgan fingerprint density at radius 2 is 1.20 bits per heavy atom. The Balaban J connectivity index is 1.66. The zero-order valence-corrected chi connectivity index (χ0v) is 23.3. The van der Waals surface area contributed by atoms with Gasteiger partial charge in [-0.1, -0.05) is 91.0 Å². The van der Waals surface area contributed by atoms with Crippen LogP contribution in [0.1, 0.15) is 16.7 Å². The van der Waals surface area contributed by atoms with E-state index < -0.39 is 42.7 Å². The molecule has 3 aromatic rings. The molecule has 0 saturated carbocycles. The second-order valence-corrected chi connectivity index (χ2v) is 11.6. The Morgan fingerprint density at radius 3 is 1.65 bits per heavy atom. The summed E-state index contributed by atoms with van der Waals surface area (Å²) in [5.41, 5.74) is 2.62. The maximum absolute atomic E-state index is 13.6. The van der Waals surface area contributed by atoms with Crippen LogP contribution in [0.15, 0.2) is 91.0 Å². The number of benzene rings is 3. The normalized spacial score (nSPS) is 23.1. The van der Waals surface area contributed by atoms with E-state index in [1.807, 2.05) is 91.0 Å². The maximum Gasteiger partial charge on any atom is 0.365 e. The van der Waals surface area contributed by atoms with E-state index in [2.05, 4.69) is 0 Å². The Bertz CT molecular complexity index is 1220. The lowest BCUT2D eigenvalue weighted by Gasteiger charge is -2.43. The topological polar surface area (TPSA) is 116 Å². The molecule has 1 fully saturated rings. The van der Waals surface area contributed by atoms with Crippen LogP contribution in [-0.4, -0.2) is 55.9 Å². The quantitative estimate of drug-likeness (QED) is 0.146. The van der Waals surface area contributed by atoms with Gasteiger partial charge in [0.05, 0.1) is 26.4 Å². The minimum Gasteiger partial charge on any atom is -0.374 e. The van der Waals surface area contributed by atoms with Gasteiger partial charge in [-0.15, -0.1) is 0 Å². The summed E-state index contributed by atoms with van der Waals surface area (Å²) in [6.45, 7) is 0.483. The molecule has 1 heterocycles. The minimum absolute atomic E-state index is 0.00604. The molecule has 214 valence electrons. The summed E-state index contributed by atoms with van der Waals surface area (Å²) in [6.07, 6.45) is -2.98. The summed E-state index contributed by atoms with van der Waals surface area (Å²) in [4.78, 5) is 12.0. The van der Waals surface area contributed by atoms with Crippen LogP contribution in [0.2, 0.25) is 0 Å². The highest BCUT2D eigenvalue weighted by atomic mass is 31.2. The van der Waals surface area contributed by atoms with E-state index in [0.29, 0.717) is 0 Å². The van der Waals surface area contributed by atoms with Crippen molar-refractivity contribution in [3.8, 4) is 0 Å². The van der Waals surface area contributed by atoms with Crippen molar-refractivity contribution in [1.82, 2.24) is 0 Å². The molecule has 3 aromatic carbocycles. The smallest absolute Gasteiger partial charge is 0.365 e. The van der Waals surface area contributed by atoms with Gasteiger partial charge in [-0.05, 0) is 16.7 Å². The van der Waals surface area contributed by atoms with Gasteiger partial charge in [0.1, 0.15) is 12.2 Å². The first-order valence-corrected chi connectivity index (χ1v) is 14.5. The van der Waals surface area contributed by atoms with Gasteiger partial charge < -0.3 is 28.0 Å². The van der Waals surface area contributed by atoms with Gasteiger partial charge in [-0.3, -0.25) is 14.7 Å². The molecule has 0 spiro atoms. The van der Waals surface area contributed by atoms with E-state index in [1.54, 1.807) is 0 Å². The molecule has 4 rings (SSSR count). The van der Waals surface area contributed by atoms with E-state index in [0.717, 1.165) is 16.7 Å². The summed E-state index contributed by atoms with van der Waals surface area (Å²) in [7, 11) is -1.75. The SMILES string of the molecule is COP(=O)(OC)[C@@H]1O[C@H](COCc2ccccc2)[C@H](OCc2ccccc2)[C@H](OCc2ccccc2)[C@H]1[N+](=O)[O-]. The van der Waals surface area contributed by atoms with E-state index in [4.69, 9.17) is 28.0 Å². The van der Waals surface area contributed by atoms with Gasteiger partial charge in [0.2, 0.25) is 5.85 Å². The third kappa shape index (κ3) is 7.62. The van der Waals surface area contributed by atoms with E-state index in [9.17, 15) is 14.7 Å². The summed E-state index contributed by atoms with van der Waals surface area (Å²) in [5, 5.41) is 12.5. The van der Waals surface area contributed by atoms with Crippen molar-refractivity contribution >= 4 is 7.60 Å². The molecule has 0 amide bonds. The minimum atomic E-state index is -4.09.